The van der Waals surface area contributed by atoms with Crippen molar-refractivity contribution in [3.8, 4) is 6.07 Å². The van der Waals surface area contributed by atoms with E-state index < -0.39 is 0 Å². The molecule has 1 aromatic heterocycles. The van der Waals surface area contributed by atoms with Gasteiger partial charge in [0.1, 0.15) is 11.8 Å². The SMILES string of the molecule is CCOC(=O)/C=C/c1c[nH]c(C#N)c1. The normalized spacial score (nSPS) is 10.0. The summed E-state index contributed by atoms with van der Waals surface area (Å²) in [5, 5.41) is 8.52. The molecule has 1 aromatic rings. The van der Waals surface area contributed by atoms with Crippen molar-refractivity contribution in [2.75, 3.05) is 6.61 Å². The van der Waals surface area contributed by atoms with Gasteiger partial charge >= 0.3 is 5.97 Å². The topological polar surface area (TPSA) is 65.9 Å². The van der Waals surface area contributed by atoms with Crippen LogP contribution in [0.2, 0.25) is 0 Å². The van der Waals surface area contributed by atoms with E-state index in [1.807, 2.05) is 6.07 Å². The molecule has 72 valence electrons. The fourth-order valence-corrected chi connectivity index (χ4v) is 0.926. The Morgan fingerprint density at radius 3 is 3.14 bits per heavy atom. The van der Waals surface area contributed by atoms with Crippen LogP contribution in [0.5, 0.6) is 0 Å². The molecule has 0 aliphatic carbocycles. The fraction of sp³-hybridized carbons (Fsp3) is 0.200. The van der Waals surface area contributed by atoms with Crippen LogP contribution in [-0.2, 0) is 9.53 Å². The van der Waals surface area contributed by atoms with E-state index in [9.17, 15) is 4.79 Å². The molecule has 4 nitrogen and oxygen atoms in total. The van der Waals surface area contributed by atoms with Gasteiger partial charge in [-0.05, 0) is 24.6 Å². The Bertz CT molecular complexity index is 385. The maximum Gasteiger partial charge on any atom is 0.330 e. The third kappa shape index (κ3) is 2.79. The Balaban J connectivity index is 2.60. The van der Waals surface area contributed by atoms with Crippen molar-refractivity contribution in [3.63, 3.8) is 0 Å². The Morgan fingerprint density at radius 2 is 2.57 bits per heavy atom. The van der Waals surface area contributed by atoms with Crippen LogP contribution in [0.15, 0.2) is 18.3 Å². The van der Waals surface area contributed by atoms with Gasteiger partial charge in [0.2, 0.25) is 0 Å². The van der Waals surface area contributed by atoms with Crippen LogP contribution in [0.4, 0.5) is 0 Å². The average Bonchev–Trinajstić information content (AvgIpc) is 2.63. The predicted molar refractivity (Wildman–Crippen MR) is 51.2 cm³/mol. The van der Waals surface area contributed by atoms with Gasteiger partial charge in [-0.1, -0.05) is 0 Å². The number of hydrogen-bond donors (Lipinski definition) is 1. The van der Waals surface area contributed by atoms with Crippen molar-refractivity contribution < 1.29 is 9.53 Å². The number of aromatic amines is 1. The molecule has 0 aliphatic rings. The highest BCUT2D eigenvalue weighted by Crippen LogP contribution is 2.04. The molecule has 0 radical (unpaired) electrons. The first-order valence-corrected chi connectivity index (χ1v) is 4.19. The minimum atomic E-state index is -0.382. The number of ether oxygens (including phenoxy) is 1. The van der Waals surface area contributed by atoms with E-state index in [4.69, 9.17) is 10.00 Å². The number of nitriles is 1. The second kappa shape index (κ2) is 4.87. The van der Waals surface area contributed by atoms with Gasteiger partial charge in [0, 0.05) is 12.3 Å². The van der Waals surface area contributed by atoms with Crippen molar-refractivity contribution in [2.24, 2.45) is 0 Å². The average molecular weight is 190 g/mol. The maximum atomic E-state index is 10.9. The lowest BCUT2D eigenvalue weighted by molar-refractivity contribution is -0.137. The molecule has 0 saturated heterocycles. The molecule has 0 spiro atoms. The van der Waals surface area contributed by atoms with Gasteiger partial charge in [0.15, 0.2) is 0 Å². The van der Waals surface area contributed by atoms with E-state index in [1.54, 1.807) is 25.3 Å². The minimum Gasteiger partial charge on any atom is -0.463 e. The van der Waals surface area contributed by atoms with Gasteiger partial charge in [0.05, 0.1) is 6.61 Å². The molecule has 0 saturated carbocycles. The molecule has 1 rings (SSSR count). The molecular weight excluding hydrogens is 180 g/mol. The van der Waals surface area contributed by atoms with Crippen LogP contribution >= 0.6 is 0 Å². The lowest BCUT2D eigenvalue weighted by atomic mass is 10.3. The zero-order valence-corrected chi connectivity index (χ0v) is 7.78. The minimum absolute atomic E-state index is 0.361. The molecule has 0 unspecified atom stereocenters. The van der Waals surface area contributed by atoms with E-state index in [1.165, 1.54) is 6.08 Å². The monoisotopic (exact) mass is 190 g/mol. The van der Waals surface area contributed by atoms with Crippen LogP contribution in [0.25, 0.3) is 6.08 Å². The second-order valence-corrected chi connectivity index (χ2v) is 2.54. The quantitative estimate of drug-likeness (QED) is 0.579. The zero-order chi connectivity index (χ0) is 10.4. The third-order valence-electron chi connectivity index (χ3n) is 1.52. The van der Waals surface area contributed by atoms with Gasteiger partial charge < -0.3 is 9.72 Å². The number of esters is 1. The van der Waals surface area contributed by atoms with Gasteiger partial charge in [-0.3, -0.25) is 0 Å². The van der Waals surface area contributed by atoms with Crippen LogP contribution in [0.1, 0.15) is 18.2 Å². The first kappa shape index (κ1) is 10.1. The van der Waals surface area contributed by atoms with E-state index in [2.05, 4.69) is 4.98 Å². The highest BCUT2D eigenvalue weighted by molar-refractivity contribution is 5.87. The lowest BCUT2D eigenvalue weighted by Gasteiger charge is -1.93. The second-order valence-electron chi connectivity index (χ2n) is 2.54. The Kier molecular flexibility index (Phi) is 3.50. The third-order valence-corrected chi connectivity index (χ3v) is 1.52. The molecule has 4 heteroatoms. The predicted octanol–water partition coefficient (Wildman–Crippen LogP) is 1.46. The molecule has 0 atom stereocenters. The Labute approximate surface area is 81.8 Å². The summed E-state index contributed by atoms with van der Waals surface area (Å²) in [5.74, 6) is -0.382. The standard InChI is InChI=1S/C10H10N2O2/c1-2-14-10(13)4-3-8-5-9(6-11)12-7-8/h3-5,7,12H,2H2,1H3/b4-3+. The lowest BCUT2D eigenvalue weighted by Crippen LogP contribution is -1.98. The number of aromatic nitrogens is 1. The summed E-state index contributed by atoms with van der Waals surface area (Å²) >= 11 is 0. The number of carbonyl (C=O) groups excluding carboxylic acids is 1. The molecule has 0 aliphatic heterocycles. The van der Waals surface area contributed by atoms with Crippen LogP contribution < -0.4 is 0 Å². The summed E-state index contributed by atoms with van der Waals surface area (Å²) in [6.07, 6.45) is 4.57. The molecular formula is C10H10N2O2. The maximum absolute atomic E-state index is 10.9. The summed E-state index contributed by atoms with van der Waals surface area (Å²) in [4.78, 5) is 13.7. The van der Waals surface area contributed by atoms with Crippen LogP contribution in [0, 0.1) is 11.3 Å². The molecule has 1 heterocycles. The summed E-state index contributed by atoms with van der Waals surface area (Å²) in [7, 11) is 0. The number of nitrogens with zero attached hydrogens (tertiary/aromatic N) is 1. The summed E-state index contributed by atoms with van der Waals surface area (Å²) < 4.78 is 4.70. The first-order chi connectivity index (χ1) is 6.76. The number of hydrogen-bond acceptors (Lipinski definition) is 3. The largest absolute Gasteiger partial charge is 0.463 e. The Hall–Kier alpha value is -2.02. The molecule has 0 amide bonds. The number of nitrogens with one attached hydrogen (secondary N) is 1. The highest BCUT2D eigenvalue weighted by atomic mass is 16.5. The van der Waals surface area contributed by atoms with Crippen molar-refractivity contribution in [1.29, 1.82) is 5.26 Å². The Morgan fingerprint density at radius 1 is 1.79 bits per heavy atom. The zero-order valence-electron chi connectivity index (χ0n) is 7.78. The van der Waals surface area contributed by atoms with Crippen molar-refractivity contribution in [3.05, 3.63) is 29.6 Å². The summed E-state index contributed by atoms with van der Waals surface area (Å²) in [5.41, 5.74) is 1.24. The van der Waals surface area contributed by atoms with Gasteiger partial charge in [-0.25, -0.2) is 4.79 Å². The number of H-pyrrole nitrogens is 1. The van der Waals surface area contributed by atoms with E-state index in [-0.39, 0.29) is 5.97 Å². The summed E-state index contributed by atoms with van der Waals surface area (Å²) in [6.45, 7) is 2.11. The molecule has 0 bridgehead atoms. The van der Waals surface area contributed by atoms with E-state index in [0.717, 1.165) is 5.56 Å². The summed E-state index contributed by atoms with van der Waals surface area (Å²) in [6, 6.07) is 3.60. The molecule has 1 N–H and O–H groups in total. The fourth-order valence-electron chi connectivity index (χ4n) is 0.926. The number of rotatable bonds is 3. The highest BCUT2D eigenvalue weighted by Gasteiger charge is 1.96. The van der Waals surface area contributed by atoms with E-state index >= 15 is 0 Å². The van der Waals surface area contributed by atoms with E-state index in [0.29, 0.717) is 12.3 Å². The van der Waals surface area contributed by atoms with Gasteiger partial charge in [-0.2, -0.15) is 5.26 Å². The van der Waals surface area contributed by atoms with Crippen molar-refractivity contribution in [1.82, 2.24) is 4.98 Å². The molecule has 14 heavy (non-hydrogen) atoms. The van der Waals surface area contributed by atoms with Crippen LogP contribution in [-0.4, -0.2) is 17.6 Å². The molecule has 0 aromatic carbocycles. The van der Waals surface area contributed by atoms with Crippen molar-refractivity contribution in [2.45, 2.75) is 6.92 Å². The smallest absolute Gasteiger partial charge is 0.330 e. The van der Waals surface area contributed by atoms with Crippen LogP contribution in [0.3, 0.4) is 0 Å². The number of carbonyl (C=O) groups is 1. The van der Waals surface area contributed by atoms with Gasteiger partial charge in [-0.15, -0.1) is 0 Å². The van der Waals surface area contributed by atoms with Gasteiger partial charge in [0.25, 0.3) is 0 Å². The molecule has 0 fully saturated rings. The first-order valence-electron chi connectivity index (χ1n) is 4.19. The van der Waals surface area contributed by atoms with Crippen molar-refractivity contribution >= 4 is 12.0 Å².